The maximum atomic E-state index is 11.9. The third-order valence-electron chi connectivity index (χ3n) is 2.59. The molecular formula is C11H7N7O. The highest BCUT2D eigenvalue weighted by Crippen LogP contribution is 2.20. The summed E-state index contributed by atoms with van der Waals surface area (Å²) in [7, 11) is 0. The largest absolute Gasteiger partial charge is 0.366 e. The molecule has 3 rings (SSSR count). The number of pyridine rings is 1. The number of aromatic amines is 1. The number of aromatic nitrogens is 5. The number of H-pyrrole nitrogens is 1. The molecule has 0 aliphatic heterocycles. The molecule has 0 aliphatic rings. The van der Waals surface area contributed by atoms with Crippen LogP contribution in [0.5, 0.6) is 0 Å². The number of hydrogen-bond donors (Lipinski definition) is 2. The van der Waals surface area contributed by atoms with Gasteiger partial charge in [-0.15, -0.1) is 5.10 Å². The molecule has 19 heavy (non-hydrogen) atoms. The van der Waals surface area contributed by atoms with Crippen LogP contribution in [-0.4, -0.2) is 24.6 Å². The zero-order valence-corrected chi connectivity index (χ0v) is 9.53. The molecule has 8 nitrogen and oxygen atoms in total. The molecule has 0 radical (unpaired) electrons. The summed E-state index contributed by atoms with van der Waals surface area (Å²) < 4.78 is 1.34. The Kier molecular flexibility index (Phi) is 2.25. The van der Waals surface area contributed by atoms with Gasteiger partial charge in [0.15, 0.2) is 0 Å². The van der Waals surface area contributed by atoms with E-state index >= 15 is 0 Å². The topological polar surface area (TPSA) is 126 Å². The minimum Gasteiger partial charge on any atom is -0.366 e. The first kappa shape index (κ1) is 10.9. The van der Waals surface area contributed by atoms with E-state index in [4.69, 9.17) is 11.0 Å². The summed E-state index contributed by atoms with van der Waals surface area (Å²) in [5.41, 5.74) is 5.91. The van der Waals surface area contributed by atoms with Gasteiger partial charge < -0.3 is 5.73 Å². The van der Waals surface area contributed by atoms with E-state index < -0.39 is 5.56 Å². The van der Waals surface area contributed by atoms with Gasteiger partial charge in [-0.25, -0.2) is 0 Å². The van der Waals surface area contributed by atoms with Crippen LogP contribution in [0.25, 0.3) is 17.0 Å². The minimum absolute atomic E-state index is 0.0149. The summed E-state index contributed by atoms with van der Waals surface area (Å²) in [4.78, 5) is 22.1. The first-order chi connectivity index (χ1) is 9.20. The molecule has 92 valence electrons. The second kappa shape index (κ2) is 3.92. The van der Waals surface area contributed by atoms with Crippen LogP contribution in [0.3, 0.4) is 0 Å². The van der Waals surface area contributed by atoms with E-state index in [9.17, 15) is 4.79 Å². The van der Waals surface area contributed by atoms with Gasteiger partial charge in [-0.05, 0) is 12.1 Å². The minimum atomic E-state index is -0.533. The number of nitrogens with one attached hydrogen (secondary N) is 1. The Balaban J connectivity index is 2.51. The molecule has 0 atom stereocenters. The summed E-state index contributed by atoms with van der Waals surface area (Å²) in [6, 6.07) is 5.22. The van der Waals surface area contributed by atoms with E-state index in [0.29, 0.717) is 11.3 Å². The molecule has 8 heteroatoms. The van der Waals surface area contributed by atoms with Crippen molar-refractivity contribution in [3.05, 3.63) is 40.4 Å². The van der Waals surface area contributed by atoms with Crippen LogP contribution in [-0.2, 0) is 0 Å². The van der Waals surface area contributed by atoms with E-state index in [1.165, 1.54) is 4.52 Å². The van der Waals surface area contributed by atoms with Gasteiger partial charge in [0.2, 0.25) is 11.7 Å². The van der Waals surface area contributed by atoms with Crippen LogP contribution in [0.2, 0.25) is 0 Å². The molecule has 0 aliphatic carbocycles. The zero-order chi connectivity index (χ0) is 13.4. The van der Waals surface area contributed by atoms with E-state index in [1.54, 1.807) is 24.5 Å². The highest BCUT2D eigenvalue weighted by Gasteiger charge is 2.16. The fourth-order valence-corrected chi connectivity index (χ4v) is 1.82. The Morgan fingerprint density at radius 2 is 2.11 bits per heavy atom. The number of nitrogen functional groups attached to an aromatic ring is 1. The van der Waals surface area contributed by atoms with Crippen molar-refractivity contribution in [1.29, 1.82) is 5.26 Å². The number of fused-ring (bicyclic) bond motifs is 1. The van der Waals surface area contributed by atoms with Crippen molar-refractivity contribution in [3.63, 3.8) is 0 Å². The first-order valence-electron chi connectivity index (χ1n) is 5.29. The molecular weight excluding hydrogens is 246 g/mol. The van der Waals surface area contributed by atoms with Crippen molar-refractivity contribution in [2.75, 3.05) is 5.73 Å². The normalized spacial score (nSPS) is 10.5. The van der Waals surface area contributed by atoms with Crippen LogP contribution in [0.15, 0.2) is 29.3 Å². The summed E-state index contributed by atoms with van der Waals surface area (Å²) in [6.07, 6.45) is 3.12. The number of anilines is 1. The Hall–Kier alpha value is -3.21. The van der Waals surface area contributed by atoms with Crippen LogP contribution >= 0.6 is 0 Å². The Bertz CT molecular complexity index is 856. The van der Waals surface area contributed by atoms with Gasteiger partial charge in [-0.2, -0.15) is 14.8 Å². The lowest BCUT2D eigenvalue weighted by molar-refractivity contribution is 0.937. The Labute approximate surface area is 106 Å². The van der Waals surface area contributed by atoms with Crippen molar-refractivity contribution in [2.45, 2.75) is 0 Å². The number of nitrogens with two attached hydrogens (primary N) is 1. The first-order valence-corrected chi connectivity index (χ1v) is 5.29. The number of rotatable bonds is 1. The van der Waals surface area contributed by atoms with Gasteiger partial charge in [0.05, 0.1) is 5.69 Å². The van der Waals surface area contributed by atoms with E-state index in [0.717, 1.165) is 0 Å². The van der Waals surface area contributed by atoms with Crippen molar-refractivity contribution in [1.82, 2.24) is 24.6 Å². The van der Waals surface area contributed by atoms with Crippen LogP contribution in [0, 0.1) is 11.3 Å². The van der Waals surface area contributed by atoms with Crippen molar-refractivity contribution >= 4 is 11.7 Å². The number of nitrogens with zero attached hydrogens (tertiary/aromatic N) is 5. The highest BCUT2D eigenvalue weighted by atomic mass is 16.1. The number of hydrogen-bond acceptors (Lipinski definition) is 6. The molecule has 3 heterocycles. The van der Waals surface area contributed by atoms with Crippen molar-refractivity contribution in [3.8, 4) is 17.3 Å². The van der Waals surface area contributed by atoms with Gasteiger partial charge in [-0.1, -0.05) is 0 Å². The maximum absolute atomic E-state index is 11.9. The lowest BCUT2D eigenvalue weighted by atomic mass is 10.1. The molecule has 0 spiro atoms. The third-order valence-corrected chi connectivity index (χ3v) is 2.59. The second-order valence-corrected chi connectivity index (χ2v) is 3.73. The second-order valence-electron chi connectivity index (χ2n) is 3.73. The monoisotopic (exact) mass is 253 g/mol. The Morgan fingerprint density at radius 3 is 2.79 bits per heavy atom. The quantitative estimate of drug-likeness (QED) is 0.625. The molecule has 0 saturated carbocycles. The van der Waals surface area contributed by atoms with E-state index in [-0.39, 0.29) is 17.3 Å². The SMILES string of the molecule is N#Cc1c(-c2ccncc2)n2nc(N)nc2[nH]c1=O. The van der Waals surface area contributed by atoms with Gasteiger partial charge in [0.25, 0.3) is 5.56 Å². The fraction of sp³-hybridized carbons (Fsp3) is 0. The summed E-state index contributed by atoms with van der Waals surface area (Å²) in [6.45, 7) is 0. The summed E-state index contributed by atoms with van der Waals surface area (Å²) >= 11 is 0. The molecule has 0 saturated heterocycles. The molecule has 3 aromatic rings. The molecule has 0 aromatic carbocycles. The summed E-state index contributed by atoms with van der Waals surface area (Å²) in [5, 5.41) is 13.1. The zero-order valence-electron chi connectivity index (χ0n) is 9.53. The molecule has 3 N–H and O–H groups in total. The number of nitriles is 1. The molecule has 0 amide bonds. The lowest BCUT2D eigenvalue weighted by Gasteiger charge is -2.05. The third kappa shape index (κ3) is 1.61. The molecule has 0 unspecified atom stereocenters. The predicted molar refractivity (Wildman–Crippen MR) is 66.0 cm³/mol. The summed E-state index contributed by atoms with van der Waals surface area (Å²) in [5.74, 6) is 0.203. The fourth-order valence-electron chi connectivity index (χ4n) is 1.82. The average molecular weight is 253 g/mol. The average Bonchev–Trinajstić information content (AvgIpc) is 2.77. The van der Waals surface area contributed by atoms with Crippen LogP contribution < -0.4 is 11.3 Å². The van der Waals surface area contributed by atoms with Gasteiger partial charge in [0.1, 0.15) is 11.6 Å². The standard InChI is InChI=1S/C11H7N7O/c12-5-7-8(6-1-3-14-4-2-6)18-11(15-9(7)19)16-10(13)17-18/h1-4H,(H3,13,15,16,17,19). The van der Waals surface area contributed by atoms with Crippen molar-refractivity contribution < 1.29 is 0 Å². The predicted octanol–water partition coefficient (Wildman–Crippen LogP) is -0.0665. The van der Waals surface area contributed by atoms with Crippen molar-refractivity contribution in [2.24, 2.45) is 0 Å². The molecule has 0 fully saturated rings. The van der Waals surface area contributed by atoms with E-state index in [2.05, 4.69) is 20.1 Å². The van der Waals surface area contributed by atoms with Gasteiger partial charge in [0, 0.05) is 18.0 Å². The van der Waals surface area contributed by atoms with E-state index in [1.807, 2.05) is 6.07 Å². The van der Waals surface area contributed by atoms with Crippen LogP contribution in [0.1, 0.15) is 5.56 Å². The smallest absolute Gasteiger partial charge is 0.270 e. The Morgan fingerprint density at radius 1 is 1.37 bits per heavy atom. The lowest BCUT2D eigenvalue weighted by Crippen LogP contribution is -2.16. The van der Waals surface area contributed by atoms with Gasteiger partial charge in [-0.3, -0.25) is 14.8 Å². The molecule has 0 bridgehead atoms. The maximum Gasteiger partial charge on any atom is 0.270 e. The van der Waals surface area contributed by atoms with Gasteiger partial charge >= 0.3 is 0 Å². The van der Waals surface area contributed by atoms with Crippen LogP contribution in [0.4, 0.5) is 5.95 Å². The molecule has 3 aromatic heterocycles. The highest BCUT2D eigenvalue weighted by molar-refractivity contribution is 5.68.